The van der Waals surface area contributed by atoms with Gasteiger partial charge in [0.05, 0.1) is 15.7 Å². The molecule has 1 heterocycles. The zero-order valence-corrected chi connectivity index (χ0v) is 13.9. The Bertz CT molecular complexity index is 837. The minimum absolute atomic E-state index is 0.0167. The summed E-state index contributed by atoms with van der Waals surface area (Å²) in [6.45, 7) is 2.84. The highest BCUT2D eigenvalue weighted by Crippen LogP contribution is 2.33. The Kier molecular flexibility index (Phi) is 4.50. The third-order valence-corrected chi connectivity index (χ3v) is 4.69. The number of nitrogens with zero attached hydrogens (tertiary/aromatic N) is 1. The first-order chi connectivity index (χ1) is 10.1. The number of aromatic nitrogens is 2. The molecule has 0 aliphatic rings. The number of aromatic amines is 1. The molecule has 0 spiro atoms. The molecule has 0 unspecified atom stereocenters. The van der Waals surface area contributed by atoms with E-state index in [4.69, 9.17) is 0 Å². The van der Waals surface area contributed by atoms with E-state index in [2.05, 4.69) is 4.98 Å². The first-order valence-corrected chi connectivity index (χ1v) is 7.35. The number of nitrogens with one attached hydrogen (secondary N) is 1. The highest BCUT2D eigenvalue weighted by Gasteiger charge is 2.33. The van der Waals surface area contributed by atoms with E-state index in [1.54, 1.807) is 35.6 Å². The fourth-order valence-electron chi connectivity index (χ4n) is 2.18. The summed E-state index contributed by atoms with van der Waals surface area (Å²) in [6, 6.07) is 3.87. The van der Waals surface area contributed by atoms with Crippen molar-refractivity contribution in [3.8, 4) is 0 Å². The lowest BCUT2D eigenvalue weighted by Gasteiger charge is -2.17. The summed E-state index contributed by atoms with van der Waals surface area (Å²) in [4.78, 5) is 25.5. The number of halogens is 4. The SMILES string of the molecule is Cc1cccc(C(F)(F)F)c1Cn1c(C)c(I)c(=O)[nH]c1=O. The molecule has 2 rings (SSSR count). The van der Waals surface area contributed by atoms with Gasteiger partial charge in [-0.2, -0.15) is 13.2 Å². The molecule has 4 nitrogen and oxygen atoms in total. The second kappa shape index (κ2) is 5.90. The first kappa shape index (κ1) is 16.8. The average molecular weight is 424 g/mol. The van der Waals surface area contributed by atoms with Crippen molar-refractivity contribution in [2.24, 2.45) is 0 Å². The topological polar surface area (TPSA) is 54.9 Å². The van der Waals surface area contributed by atoms with Gasteiger partial charge >= 0.3 is 11.9 Å². The molecular weight excluding hydrogens is 412 g/mol. The van der Waals surface area contributed by atoms with Crippen LogP contribution in [0.1, 0.15) is 22.4 Å². The number of benzene rings is 1. The molecule has 0 atom stereocenters. The summed E-state index contributed by atoms with van der Waals surface area (Å²) >= 11 is 1.76. The Morgan fingerprint density at radius 3 is 2.45 bits per heavy atom. The predicted molar refractivity (Wildman–Crippen MR) is 84.1 cm³/mol. The van der Waals surface area contributed by atoms with Crippen molar-refractivity contribution >= 4 is 22.6 Å². The Hall–Kier alpha value is -1.58. The lowest BCUT2D eigenvalue weighted by molar-refractivity contribution is -0.138. The van der Waals surface area contributed by atoms with Crippen LogP contribution >= 0.6 is 22.6 Å². The standard InChI is InChI=1S/C14H12F3IN2O2/c1-7-4-3-5-10(14(15,16)17)9(7)6-20-8(2)11(18)12(21)19-13(20)22/h3-5H,6H2,1-2H3,(H,19,21,22). The third kappa shape index (κ3) is 3.11. The predicted octanol–water partition coefficient (Wildman–Crippen LogP) is 2.83. The van der Waals surface area contributed by atoms with Crippen LogP contribution in [0, 0.1) is 17.4 Å². The summed E-state index contributed by atoms with van der Waals surface area (Å²) in [5, 5.41) is 0. The van der Waals surface area contributed by atoms with E-state index < -0.39 is 23.0 Å². The Labute approximate surface area is 137 Å². The van der Waals surface area contributed by atoms with Gasteiger partial charge in [0, 0.05) is 5.69 Å². The molecule has 0 amide bonds. The van der Waals surface area contributed by atoms with Gasteiger partial charge in [-0.15, -0.1) is 0 Å². The minimum Gasteiger partial charge on any atom is -0.292 e. The number of aryl methyl sites for hydroxylation is 1. The van der Waals surface area contributed by atoms with Crippen LogP contribution in [0.2, 0.25) is 0 Å². The van der Waals surface area contributed by atoms with Crippen molar-refractivity contribution in [3.05, 3.63) is 65.0 Å². The Morgan fingerprint density at radius 1 is 1.23 bits per heavy atom. The third-order valence-electron chi connectivity index (χ3n) is 3.42. The van der Waals surface area contributed by atoms with Crippen molar-refractivity contribution in [1.82, 2.24) is 9.55 Å². The van der Waals surface area contributed by atoms with Gasteiger partial charge in [-0.05, 0) is 53.6 Å². The zero-order valence-electron chi connectivity index (χ0n) is 11.7. The molecule has 2 aromatic rings. The van der Waals surface area contributed by atoms with Crippen molar-refractivity contribution in [1.29, 1.82) is 0 Å². The van der Waals surface area contributed by atoms with E-state index in [0.717, 1.165) is 10.6 Å². The maximum atomic E-state index is 13.1. The number of rotatable bonds is 2. The van der Waals surface area contributed by atoms with E-state index in [0.29, 0.717) is 11.3 Å². The van der Waals surface area contributed by atoms with Gasteiger partial charge in [-0.25, -0.2) is 4.79 Å². The van der Waals surface area contributed by atoms with Gasteiger partial charge in [0.2, 0.25) is 0 Å². The lowest BCUT2D eigenvalue weighted by atomic mass is 10.0. The molecule has 22 heavy (non-hydrogen) atoms. The Morgan fingerprint density at radius 2 is 1.86 bits per heavy atom. The smallest absolute Gasteiger partial charge is 0.292 e. The van der Waals surface area contributed by atoms with Gasteiger partial charge in [0.15, 0.2) is 0 Å². The molecule has 118 valence electrons. The average Bonchev–Trinajstić information content (AvgIpc) is 2.41. The lowest BCUT2D eigenvalue weighted by Crippen LogP contribution is -2.34. The zero-order chi connectivity index (χ0) is 16.7. The fourth-order valence-corrected chi connectivity index (χ4v) is 2.61. The van der Waals surface area contributed by atoms with Crippen LogP contribution in [0.4, 0.5) is 13.2 Å². The number of hydrogen-bond acceptors (Lipinski definition) is 2. The fraction of sp³-hybridized carbons (Fsp3) is 0.286. The highest BCUT2D eigenvalue weighted by atomic mass is 127. The normalized spacial score (nSPS) is 11.7. The number of alkyl halides is 3. The van der Waals surface area contributed by atoms with Gasteiger partial charge in [0.1, 0.15) is 0 Å². The van der Waals surface area contributed by atoms with Crippen molar-refractivity contribution in [2.75, 3.05) is 0 Å². The van der Waals surface area contributed by atoms with Crippen LogP contribution in [0.5, 0.6) is 0 Å². The second-order valence-corrected chi connectivity index (χ2v) is 5.92. The molecule has 0 fully saturated rings. The summed E-state index contributed by atoms with van der Waals surface area (Å²) in [7, 11) is 0. The quantitative estimate of drug-likeness (QED) is 0.755. The monoisotopic (exact) mass is 424 g/mol. The van der Waals surface area contributed by atoms with Crippen molar-refractivity contribution in [3.63, 3.8) is 0 Å². The summed E-state index contributed by atoms with van der Waals surface area (Å²) in [6.07, 6.45) is -4.51. The Balaban J connectivity index is 2.66. The maximum absolute atomic E-state index is 13.1. The van der Waals surface area contributed by atoms with E-state index in [1.807, 2.05) is 0 Å². The maximum Gasteiger partial charge on any atom is 0.416 e. The van der Waals surface area contributed by atoms with Crippen molar-refractivity contribution < 1.29 is 13.2 Å². The summed E-state index contributed by atoms with van der Waals surface area (Å²) in [5.74, 6) is 0. The molecule has 0 bridgehead atoms. The van der Waals surface area contributed by atoms with E-state index in [9.17, 15) is 22.8 Å². The van der Waals surface area contributed by atoms with Gasteiger partial charge in [0.25, 0.3) is 5.56 Å². The van der Waals surface area contributed by atoms with Gasteiger partial charge in [-0.1, -0.05) is 12.1 Å². The van der Waals surface area contributed by atoms with Crippen LogP contribution in [-0.4, -0.2) is 9.55 Å². The van der Waals surface area contributed by atoms with Crippen LogP contribution < -0.4 is 11.2 Å². The largest absolute Gasteiger partial charge is 0.416 e. The number of H-pyrrole nitrogens is 1. The van der Waals surface area contributed by atoms with E-state index in [1.165, 1.54) is 13.0 Å². The first-order valence-electron chi connectivity index (χ1n) is 6.28. The molecule has 1 aromatic heterocycles. The molecule has 0 aliphatic carbocycles. The van der Waals surface area contributed by atoms with E-state index in [-0.39, 0.29) is 15.7 Å². The van der Waals surface area contributed by atoms with Crippen molar-refractivity contribution in [2.45, 2.75) is 26.6 Å². The van der Waals surface area contributed by atoms with Crippen LogP contribution in [0.15, 0.2) is 27.8 Å². The molecule has 0 saturated heterocycles. The van der Waals surface area contributed by atoms with E-state index >= 15 is 0 Å². The highest BCUT2D eigenvalue weighted by molar-refractivity contribution is 14.1. The van der Waals surface area contributed by atoms with Gasteiger partial charge in [-0.3, -0.25) is 14.3 Å². The van der Waals surface area contributed by atoms with Crippen LogP contribution in [-0.2, 0) is 12.7 Å². The second-order valence-electron chi connectivity index (χ2n) is 4.84. The molecular formula is C14H12F3IN2O2. The molecule has 1 N–H and O–H groups in total. The van der Waals surface area contributed by atoms with Crippen LogP contribution in [0.25, 0.3) is 0 Å². The molecule has 0 aliphatic heterocycles. The molecule has 0 radical (unpaired) electrons. The molecule has 8 heteroatoms. The molecule has 1 aromatic carbocycles. The summed E-state index contributed by atoms with van der Waals surface area (Å²) in [5.41, 5.74) is -1.25. The number of hydrogen-bond donors (Lipinski definition) is 1. The minimum atomic E-state index is -4.51. The molecule has 0 saturated carbocycles. The summed E-state index contributed by atoms with van der Waals surface area (Å²) < 4.78 is 40.8. The van der Waals surface area contributed by atoms with Gasteiger partial charge < -0.3 is 0 Å². The van der Waals surface area contributed by atoms with Crippen LogP contribution in [0.3, 0.4) is 0 Å².